The van der Waals surface area contributed by atoms with E-state index in [9.17, 15) is 9.59 Å². The number of ketones is 1. The van der Waals surface area contributed by atoms with Gasteiger partial charge in [0.1, 0.15) is 0 Å². The van der Waals surface area contributed by atoms with Crippen LogP contribution < -0.4 is 11.2 Å². The minimum absolute atomic E-state index is 0.164. The van der Waals surface area contributed by atoms with E-state index in [0.717, 1.165) is 12.8 Å². The molecule has 1 heterocycles. The molecule has 3 rings (SSSR count). The highest BCUT2D eigenvalue weighted by molar-refractivity contribution is 6.37. The van der Waals surface area contributed by atoms with Crippen LogP contribution in [0.4, 0.5) is 5.69 Å². The van der Waals surface area contributed by atoms with Crippen LogP contribution in [0.1, 0.15) is 28.8 Å². The monoisotopic (exact) mass is 404 g/mol. The van der Waals surface area contributed by atoms with Gasteiger partial charge >= 0.3 is 0 Å². The summed E-state index contributed by atoms with van der Waals surface area (Å²) in [5.74, 6) is -0.804. The molecule has 2 aromatic rings. The van der Waals surface area contributed by atoms with E-state index in [2.05, 4.69) is 10.5 Å². The molecule has 0 radical (unpaired) electrons. The van der Waals surface area contributed by atoms with Gasteiger partial charge in [0, 0.05) is 29.2 Å². The normalized spacial score (nSPS) is 14.3. The van der Waals surface area contributed by atoms with E-state index in [-0.39, 0.29) is 23.1 Å². The lowest BCUT2D eigenvalue weighted by Gasteiger charge is -2.15. The summed E-state index contributed by atoms with van der Waals surface area (Å²) in [6, 6.07) is 11.5. The molecule has 1 fully saturated rings. The Kier molecular flexibility index (Phi) is 5.98. The van der Waals surface area contributed by atoms with Crippen molar-refractivity contribution in [2.75, 3.05) is 18.5 Å². The molecular weight excluding hydrogens is 387 g/mol. The first-order chi connectivity index (χ1) is 13.0. The Labute approximate surface area is 166 Å². The van der Waals surface area contributed by atoms with Crippen molar-refractivity contribution in [3.63, 3.8) is 0 Å². The summed E-state index contributed by atoms with van der Waals surface area (Å²) in [7, 11) is 0. The van der Waals surface area contributed by atoms with Gasteiger partial charge in [0.2, 0.25) is 5.84 Å². The van der Waals surface area contributed by atoms with Gasteiger partial charge in [-0.15, -0.1) is 0 Å². The number of nitrogens with zero attached hydrogens (tertiary/aromatic N) is 2. The van der Waals surface area contributed by atoms with E-state index in [1.54, 1.807) is 41.3 Å². The molecule has 0 unspecified atom stereocenters. The number of nitrogens with two attached hydrogens (primary N) is 1. The van der Waals surface area contributed by atoms with Crippen LogP contribution in [0.2, 0.25) is 10.0 Å². The van der Waals surface area contributed by atoms with Crippen LogP contribution >= 0.6 is 23.2 Å². The van der Waals surface area contributed by atoms with E-state index in [1.165, 1.54) is 6.07 Å². The summed E-state index contributed by atoms with van der Waals surface area (Å²) >= 11 is 12.2. The zero-order valence-electron chi connectivity index (χ0n) is 14.4. The third-order valence-corrected chi connectivity index (χ3v) is 4.82. The number of anilines is 1. The number of carbonyl (C=O) groups is 2. The van der Waals surface area contributed by atoms with Gasteiger partial charge in [-0.1, -0.05) is 35.3 Å². The first-order valence-electron chi connectivity index (χ1n) is 8.44. The van der Waals surface area contributed by atoms with Crippen molar-refractivity contribution >= 4 is 46.4 Å². The molecule has 0 bridgehead atoms. The van der Waals surface area contributed by atoms with E-state index in [4.69, 9.17) is 28.9 Å². The summed E-state index contributed by atoms with van der Waals surface area (Å²) in [6.07, 6.45) is 1.92. The van der Waals surface area contributed by atoms with Gasteiger partial charge in [0.25, 0.3) is 5.91 Å². The summed E-state index contributed by atoms with van der Waals surface area (Å²) in [5.41, 5.74) is 9.51. The maximum absolute atomic E-state index is 12.9. The van der Waals surface area contributed by atoms with Crippen LogP contribution in [0, 0.1) is 0 Å². The Morgan fingerprint density at radius 1 is 1.04 bits per heavy atom. The van der Waals surface area contributed by atoms with Crippen LogP contribution in [-0.2, 0) is 4.79 Å². The van der Waals surface area contributed by atoms with E-state index >= 15 is 0 Å². The van der Waals surface area contributed by atoms with Crippen LogP contribution in [0.15, 0.2) is 47.6 Å². The number of rotatable bonds is 4. The van der Waals surface area contributed by atoms with Crippen molar-refractivity contribution in [2.45, 2.75) is 12.8 Å². The van der Waals surface area contributed by atoms with Crippen LogP contribution in [0.3, 0.4) is 0 Å². The van der Waals surface area contributed by atoms with Gasteiger partial charge in [0.05, 0.1) is 10.7 Å². The molecule has 1 aliphatic rings. The predicted octanol–water partition coefficient (Wildman–Crippen LogP) is 3.53. The fourth-order valence-corrected chi connectivity index (χ4v) is 3.24. The van der Waals surface area contributed by atoms with Crippen LogP contribution in [0.5, 0.6) is 0 Å². The molecule has 27 heavy (non-hydrogen) atoms. The highest BCUT2D eigenvalue weighted by atomic mass is 35.5. The van der Waals surface area contributed by atoms with Crippen LogP contribution in [0.25, 0.3) is 0 Å². The van der Waals surface area contributed by atoms with Gasteiger partial charge in [-0.25, -0.2) is 0 Å². The maximum atomic E-state index is 12.9. The van der Waals surface area contributed by atoms with Gasteiger partial charge in [-0.3, -0.25) is 15.0 Å². The van der Waals surface area contributed by atoms with Gasteiger partial charge in [0.15, 0.2) is 5.78 Å². The Morgan fingerprint density at radius 2 is 1.74 bits per heavy atom. The van der Waals surface area contributed by atoms with Crippen molar-refractivity contribution in [2.24, 2.45) is 10.8 Å². The molecule has 0 saturated carbocycles. The van der Waals surface area contributed by atoms with E-state index in [0.29, 0.717) is 34.4 Å². The standard InChI is InChI=1S/C19H18Cl2N4O2/c20-12-7-8-16(23-24-18(22)19(27)25-9-3-4-10-25)14(11-12)17(26)13-5-1-2-6-15(13)21/h1-2,5-8,11,23H,3-4,9-10H2,(H2,22,24). The third kappa shape index (κ3) is 4.40. The third-order valence-electron chi connectivity index (χ3n) is 4.25. The number of nitrogens with one attached hydrogen (secondary N) is 1. The number of likely N-dealkylation sites (tertiary alicyclic amines) is 1. The Hall–Kier alpha value is -2.57. The van der Waals surface area contributed by atoms with E-state index < -0.39 is 0 Å². The molecule has 2 aromatic carbocycles. The minimum atomic E-state index is -0.326. The fraction of sp³-hybridized carbons (Fsp3) is 0.211. The quantitative estimate of drug-likeness (QED) is 0.353. The maximum Gasteiger partial charge on any atom is 0.290 e. The number of hydrogen-bond acceptors (Lipinski definition) is 4. The molecule has 1 amide bonds. The topological polar surface area (TPSA) is 87.8 Å². The molecule has 0 atom stereocenters. The smallest absolute Gasteiger partial charge is 0.290 e. The van der Waals surface area contributed by atoms with Crippen molar-refractivity contribution in [1.82, 2.24) is 4.90 Å². The Bertz CT molecular complexity index is 908. The summed E-state index contributed by atoms with van der Waals surface area (Å²) in [4.78, 5) is 26.8. The molecule has 3 N–H and O–H groups in total. The van der Waals surface area contributed by atoms with E-state index in [1.807, 2.05) is 0 Å². The van der Waals surface area contributed by atoms with Crippen molar-refractivity contribution in [1.29, 1.82) is 0 Å². The molecule has 1 aliphatic heterocycles. The zero-order chi connectivity index (χ0) is 19.4. The number of benzene rings is 2. The summed E-state index contributed by atoms with van der Waals surface area (Å²) < 4.78 is 0. The van der Waals surface area contributed by atoms with Crippen LogP contribution in [-0.4, -0.2) is 35.5 Å². The SMILES string of the molecule is N/C(=N\Nc1ccc(Cl)cc1C(=O)c1ccccc1Cl)C(=O)N1CCCC1. The second-order valence-electron chi connectivity index (χ2n) is 6.11. The number of hydrogen-bond donors (Lipinski definition) is 2. The molecule has 0 aliphatic carbocycles. The van der Waals surface area contributed by atoms with Crippen molar-refractivity contribution in [3.05, 3.63) is 63.6 Å². The number of carbonyl (C=O) groups excluding carboxylic acids is 2. The first kappa shape index (κ1) is 19.2. The first-order valence-corrected chi connectivity index (χ1v) is 9.20. The Balaban J connectivity index is 1.86. The molecule has 0 spiro atoms. The van der Waals surface area contributed by atoms with Crippen molar-refractivity contribution in [3.8, 4) is 0 Å². The summed E-state index contributed by atoms with van der Waals surface area (Å²) in [5, 5.41) is 4.68. The van der Waals surface area contributed by atoms with Gasteiger partial charge in [-0.05, 0) is 43.2 Å². The second-order valence-corrected chi connectivity index (χ2v) is 6.95. The number of hydrazone groups is 1. The largest absolute Gasteiger partial charge is 0.378 e. The number of amidine groups is 1. The number of amides is 1. The molecule has 8 heteroatoms. The average Bonchev–Trinajstić information content (AvgIpc) is 3.20. The van der Waals surface area contributed by atoms with Gasteiger partial charge in [-0.2, -0.15) is 5.10 Å². The fourth-order valence-electron chi connectivity index (χ4n) is 2.84. The lowest BCUT2D eigenvalue weighted by molar-refractivity contribution is -0.123. The minimum Gasteiger partial charge on any atom is -0.378 e. The second kappa shape index (κ2) is 8.41. The Morgan fingerprint density at radius 3 is 2.44 bits per heavy atom. The highest BCUT2D eigenvalue weighted by Gasteiger charge is 2.21. The predicted molar refractivity (Wildman–Crippen MR) is 107 cm³/mol. The summed E-state index contributed by atoms with van der Waals surface area (Å²) in [6.45, 7) is 1.35. The lowest BCUT2D eigenvalue weighted by atomic mass is 10.0. The van der Waals surface area contributed by atoms with Crippen molar-refractivity contribution < 1.29 is 9.59 Å². The lowest BCUT2D eigenvalue weighted by Crippen LogP contribution is -2.39. The van der Waals surface area contributed by atoms with Gasteiger partial charge < -0.3 is 10.6 Å². The zero-order valence-corrected chi connectivity index (χ0v) is 15.9. The molecule has 0 aromatic heterocycles. The molecule has 1 saturated heterocycles. The number of halogens is 2. The highest BCUT2D eigenvalue weighted by Crippen LogP contribution is 2.26. The molecule has 6 nitrogen and oxygen atoms in total. The molecular formula is C19H18Cl2N4O2. The molecule has 140 valence electrons. The average molecular weight is 405 g/mol.